The predicted molar refractivity (Wildman–Crippen MR) is 70.9 cm³/mol. The Hall–Kier alpha value is -1.30. The normalized spacial score (nSPS) is 18.4. The summed E-state index contributed by atoms with van der Waals surface area (Å²) in [6, 6.07) is 5.73. The average molecular weight is 251 g/mol. The number of hydrogen-bond donors (Lipinski definition) is 2. The smallest absolute Gasteiger partial charge is 0.125 e. The standard InChI is InChI=1S/C13H21N3O2/c1-17-10-3-4-12(18-2)11(9-10)13(14)16-7-5-15-6-8-16/h3-4,9,13,15H,5-8,14H2,1-2H3. The number of methoxy groups -OCH3 is 2. The van der Waals surface area contributed by atoms with E-state index >= 15 is 0 Å². The zero-order valence-corrected chi connectivity index (χ0v) is 11.0. The fourth-order valence-corrected chi connectivity index (χ4v) is 2.23. The van der Waals surface area contributed by atoms with Gasteiger partial charge in [-0.05, 0) is 18.2 Å². The third-order valence-corrected chi connectivity index (χ3v) is 3.30. The lowest BCUT2D eigenvalue weighted by molar-refractivity contribution is 0.174. The first-order valence-corrected chi connectivity index (χ1v) is 6.18. The summed E-state index contributed by atoms with van der Waals surface area (Å²) >= 11 is 0. The molecule has 100 valence electrons. The molecule has 1 aliphatic heterocycles. The Morgan fingerprint density at radius 3 is 2.56 bits per heavy atom. The van der Waals surface area contributed by atoms with Crippen LogP contribution in [0.3, 0.4) is 0 Å². The molecule has 1 aromatic carbocycles. The first-order chi connectivity index (χ1) is 8.76. The molecule has 0 bridgehead atoms. The second-order valence-corrected chi connectivity index (χ2v) is 4.34. The molecule has 1 unspecified atom stereocenters. The molecule has 0 amide bonds. The molecule has 0 spiro atoms. The lowest BCUT2D eigenvalue weighted by Gasteiger charge is -2.33. The zero-order chi connectivity index (χ0) is 13.0. The van der Waals surface area contributed by atoms with E-state index in [9.17, 15) is 0 Å². The summed E-state index contributed by atoms with van der Waals surface area (Å²) in [7, 11) is 3.32. The summed E-state index contributed by atoms with van der Waals surface area (Å²) in [5, 5.41) is 3.32. The van der Waals surface area contributed by atoms with Gasteiger partial charge in [-0.15, -0.1) is 0 Å². The minimum absolute atomic E-state index is 0.155. The number of benzene rings is 1. The van der Waals surface area contributed by atoms with Crippen LogP contribution < -0.4 is 20.5 Å². The first kappa shape index (κ1) is 13.1. The maximum Gasteiger partial charge on any atom is 0.125 e. The lowest BCUT2D eigenvalue weighted by Crippen LogP contribution is -2.47. The van der Waals surface area contributed by atoms with Gasteiger partial charge >= 0.3 is 0 Å². The molecule has 5 nitrogen and oxygen atoms in total. The minimum atomic E-state index is -0.155. The topological polar surface area (TPSA) is 59.8 Å². The monoisotopic (exact) mass is 251 g/mol. The maximum absolute atomic E-state index is 6.33. The van der Waals surface area contributed by atoms with Crippen molar-refractivity contribution in [1.29, 1.82) is 0 Å². The Labute approximate surface area is 108 Å². The number of nitrogens with one attached hydrogen (secondary N) is 1. The second kappa shape index (κ2) is 6.04. The molecule has 1 aliphatic rings. The van der Waals surface area contributed by atoms with Gasteiger partial charge in [-0.25, -0.2) is 0 Å². The summed E-state index contributed by atoms with van der Waals surface area (Å²) in [5.74, 6) is 1.61. The van der Waals surface area contributed by atoms with Gasteiger partial charge in [0.25, 0.3) is 0 Å². The molecule has 0 radical (unpaired) electrons. The summed E-state index contributed by atoms with van der Waals surface area (Å²) < 4.78 is 10.6. The van der Waals surface area contributed by atoms with E-state index in [1.165, 1.54) is 0 Å². The Morgan fingerprint density at radius 2 is 1.94 bits per heavy atom. The highest BCUT2D eigenvalue weighted by Crippen LogP contribution is 2.30. The molecule has 5 heteroatoms. The molecule has 3 N–H and O–H groups in total. The molecular formula is C13H21N3O2. The van der Waals surface area contributed by atoms with Gasteiger partial charge in [0.1, 0.15) is 11.5 Å². The molecule has 0 aromatic heterocycles. The van der Waals surface area contributed by atoms with Crippen LogP contribution in [-0.4, -0.2) is 45.3 Å². The summed E-state index contributed by atoms with van der Waals surface area (Å²) in [6.07, 6.45) is -0.155. The second-order valence-electron chi connectivity index (χ2n) is 4.34. The number of nitrogens with zero attached hydrogens (tertiary/aromatic N) is 1. The van der Waals surface area contributed by atoms with Crippen molar-refractivity contribution in [3.63, 3.8) is 0 Å². The van der Waals surface area contributed by atoms with Crippen molar-refractivity contribution in [2.75, 3.05) is 40.4 Å². The van der Waals surface area contributed by atoms with E-state index in [2.05, 4.69) is 10.2 Å². The van der Waals surface area contributed by atoms with Crippen LogP contribution in [0.25, 0.3) is 0 Å². The highest BCUT2D eigenvalue weighted by atomic mass is 16.5. The largest absolute Gasteiger partial charge is 0.497 e. The van der Waals surface area contributed by atoms with Crippen LogP contribution >= 0.6 is 0 Å². The highest BCUT2D eigenvalue weighted by molar-refractivity contribution is 5.42. The van der Waals surface area contributed by atoms with Crippen molar-refractivity contribution in [3.8, 4) is 11.5 Å². The van der Waals surface area contributed by atoms with Gasteiger partial charge < -0.3 is 20.5 Å². The van der Waals surface area contributed by atoms with Crippen molar-refractivity contribution in [2.24, 2.45) is 5.73 Å². The van der Waals surface area contributed by atoms with E-state index in [-0.39, 0.29) is 6.17 Å². The summed E-state index contributed by atoms with van der Waals surface area (Å²) in [4.78, 5) is 2.24. The fraction of sp³-hybridized carbons (Fsp3) is 0.538. The average Bonchev–Trinajstić information content (AvgIpc) is 2.46. The van der Waals surface area contributed by atoms with Gasteiger partial charge in [0.15, 0.2) is 0 Å². The molecule has 0 saturated carbocycles. The molecule has 0 aliphatic carbocycles. The molecule has 18 heavy (non-hydrogen) atoms. The third-order valence-electron chi connectivity index (χ3n) is 3.30. The van der Waals surface area contributed by atoms with Crippen molar-refractivity contribution < 1.29 is 9.47 Å². The van der Waals surface area contributed by atoms with Crippen LogP contribution in [-0.2, 0) is 0 Å². The van der Waals surface area contributed by atoms with Crippen LogP contribution in [0.1, 0.15) is 11.7 Å². The van der Waals surface area contributed by atoms with Gasteiger partial charge in [-0.2, -0.15) is 0 Å². The van der Waals surface area contributed by atoms with Gasteiger partial charge in [0.05, 0.1) is 20.4 Å². The number of ether oxygens (including phenoxy) is 2. The SMILES string of the molecule is COc1ccc(OC)c(C(N)N2CCNCC2)c1. The summed E-state index contributed by atoms with van der Waals surface area (Å²) in [6.45, 7) is 3.84. The molecular weight excluding hydrogens is 230 g/mol. The van der Waals surface area contributed by atoms with E-state index in [0.29, 0.717) is 0 Å². The van der Waals surface area contributed by atoms with Crippen LogP contribution in [0.5, 0.6) is 11.5 Å². The van der Waals surface area contributed by atoms with Gasteiger partial charge in [-0.1, -0.05) is 0 Å². The molecule has 1 fully saturated rings. The quantitative estimate of drug-likeness (QED) is 0.819. The van der Waals surface area contributed by atoms with Crippen LogP contribution in [0.2, 0.25) is 0 Å². The van der Waals surface area contributed by atoms with E-state index in [1.807, 2.05) is 18.2 Å². The van der Waals surface area contributed by atoms with Crippen LogP contribution in [0, 0.1) is 0 Å². The van der Waals surface area contributed by atoms with Crippen molar-refractivity contribution >= 4 is 0 Å². The molecule has 2 rings (SSSR count). The van der Waals surface area contributed by atoms with E-state index < -0.39 is 0 Å². The number of piperazine rings is 1. The molecule has 1 saturated heterocycles. The van der Waals surface area contributed by atoms with Crippen molar-refractivity contribution in [2.45, 2.75) is 6.17 Å². The number of nitrogens with two attached hydrogens (primary N) is 1. The Kier molecular flexibility index (Phi) is 4.41. The lowest BCUT2D eigenvalue weighted by atomic mass is 10.1. The maximum atomic E-state index is 6.33. The van der Waals surface area contributed by atoms with Crippen molar-refractivity contribution in [1.82, 2.24) is 10.2 Å². The van der Waals surface area contributed by atoms with Crippen molar-refractivity contribution in [3.05, 3.63) is 23.8 Å². The highest BCUT2D eigenvalue weighted by Gasteiger charge is 2.21. The van der Waals surface area contributed by atoms with E-state index in [1.54, 1.807) is 14.2 Å². The fourth-order valence-electron chi connectivity index (χ4n) is 2.23. The van der Waals surface area contributed by atoms with E-state index in [4.69, 9.17) is 15.2 Å². The minimum Gasteiger partial charge on any atom is -0.497 e. The van der Waals surface area contributed by atoms with Gasteiger partial charge in [0, 0.05) is 31.7 Å². The number of rotatable bonds is 4. The van der Waals surface area contributed by atoms with Gasteiger partial charge in [-0.3, -0.25) is 4.90 Å². The Bertz CT molecular complexity index is 392. The first-order valence-electron chi connectivity index (χ1n) is 6.18. The predicted octanol–water partition coefficient (Wildman–Crippen LogP) is 0.566. The Morgan fingerprint density at radius 1 is 1.22 bits per heavy atom. The molecule has 1 heterocycles. The number of hydrogen-bond acceptors (Lipinski definition) is 5. The summed E-state index contributed by atoms with van der Waals surface area (Å²) in [5.41, 5.74) is 7.30. The van der Waals surface area contributed by atoms with Crippen LogP contribution in [0.4, 0.5) is 0 Å². The molecule has 1 atom stereocenters. The third kappa shape index (κ3) is 2.75. The van der Waals surface area contributed by atoms with Crippen LogP contribution in [0.15, 0.2) is 18.2 Å². The zero-order valence-electron chi connectivity index (χ0n) is 11.0. The van der Waals surface area contributed by atoms with E-state index in [0.717, 1.165) is 43.2 Å². The van der Waals surface area contributed by atoms with Gasteiger partial charge in [0.2, 0.25) is 0 Å². The Balaban J connectivity index is 2.23. The molecule has 1 aromatic rings.